The van der Waals surface area contributed by atoms with Gasteiger partial charge < -0.3 is 14.4 Å². The lowest BCUT2D eigenvalue weighted by Crippen LogP contribution is -2.32. The van der Waals surface area contributed by atoms with Gasteiger partial charge in [0.15, 0.2) is 11.5 Å². The predicted molar refractivity (Wildman–Crippen MR) is 108 cm³/mol. The van der Waals surface area contributed by atoms with Gasteiger partial charge in [0.05, 0.1) is 30.3 Å². The van der Waals surface area contributed by atoms with Crippen LogP contribution in [0.2, 0.25) is 10.0 Å². The fourth-order valence-electron chi connectivity index (χ4n) is 3.45. The van der Waals surface area contributed by atoms with Crippen molar-refractivity contribution in [2.24, 2.45) is 0 Å². The van der Waals surface area contributed by atoms with E-state index in [4.69, 9.17) is 32.7 Å². The molecule has 0 fully saturated rings. The summed E-state index contributed by atoms with van der Waals surface area (Å²) in [5.41, 5.74) is 3.87. The zero-order valence-corrected chi connectivity index (χ0v) is 16.9. The van der Waals surface area contributed by atoms with Crippen LogP contribution in [0.3, 0.4) is 0 Å². The van der Waals surface area contributed by atoms with Gasteiger partial charge in [-0.25, -0.2) is 0 Å². The Hall–Kier alpha value is -2.77. The first-order valence-electron chi connectivity index (χ1n) is 8.45. The minimum Gasteiger partial charge on any atom is -0.493 e. The number of H-pyrrole nitrogens is 1. The van der Waals surface area contributed by atoms with Gasteiger partial charge in [0.1, 0.15) is 0 Å². The molecule has 144 valence electrons. The summed E-state index contributed by atoms with van der Waals surface area (Å²) in [6.45, 7) is 1.99. The van der Waals surface area contributed by atoms with Gasteiger partial charge in [-0.15, -0.1) is 5.10 Å². The Labute approximate surface area is 171 Å². The standard InChI is InChI=1S/C19H17Cl2N5O2/c1-10-6-12-8-16(27-2)17(28-3)9-13(12)18(26(10)19-22-24-25-23-19)11-4-5-14(20)15(21)7-11/h4-9,18H,1-3H3,(H,22,23,24,25). The second kappa shape index (κ2) is 7.33. The van der Waals surface area contributed by atoms with Crippen molar-refractivity contribution in [2.45, 2.75) is 13.0 Å². The largest absolute Gasteiger partial charge is 0.493 e. The number of allylic oxidation sites excluding steroid dienone is 1. The van der Waals surface area contributed by atoms with Crippen LogP contribution in [0.1, 0.15) is 29.7 Å². The van der Waals surface area contributed by atoms with E-state index in [0.29, 0.717) is 27.5 Å². The molecule has 0 bridgehead atoms. The molecule has 2 aromatic carbocycles. The summed E-state index contributed by atoms with van der Waals surface area (Å²) in [6, 6.07) is 9.22. The van der Waals surface area contributed by atoms with E-state index in [1.807, 2.05) is 42.2 Å². The van der Waals surface area contributed by atoms with Gasteiger partial charge >= 0.3 is 0 Å². The number of nitrogens with zero attached hydrogens (tertiary/aromatic N) is 4. The molecule has 0 amide bonds. The Morgan fingerprint density at radius 2 is 1.79 bits per heavy atom. The maximum absolute atomic E-state index is 6.32. The zero-order valence-electron chi connectivity index (χ0n) is 15.4. The minimum atomic E-state index is -0.257. The van der Waals surface area contributed by atoms with Crippen LogP contribution in [-0.2, 0) is 0 Å². The molecule has 1 atom stereocenters. The number of hydrogen-bond acceptors (Lipinski definition) is 6. The predicted octanol–water partition coefficient (Wildman–Crippen LogP) is 4.49. The van der Waals surface area contributed by atoms with E-state index in [2.05, 4.69) is 20.6 Å². The first-order valence-corrected chi connectivity index (χ1v) is 9.21. The van der Waals surface area contributed by atoms with Crippen molar-refractivity contribution in [2.75, 3.05) is 19.1 Å². The average molecular weight is 418 g/mol. The molecule has 3 aromatic rings. The Balaban J connectivity index is 1.97. The summed E-state index contributed by atoms with van der Waals surface area (Å²) in [5, 5.41) is 15.5. The van der Waals surface area contributed by atoms with Gasteiger partial charge in [0.2, 0.25) is 0 Å². The molecular formula is C19H17Cl2N5O2. The molecule has 1 unspecified atom stereocenters. The lowest BCUT2D eigenvalue weighted by Gasteiger charge is -2.36. The highest BCUT2D eigenvalue weighted by atomic mass is 35.5. The zero-order chi connectivity index (χ0) is 19.8. The van der Waals surface area contributed by atoms with Crippen molar-refractivity contribution in [1.82, 2.24) is 20.6 Å². The smallest absolute Gasteiger partial charge is 0.270 e. The Kier molecular flexibility index (Phi) is 4.87. The number of aromatic nitrogens is 4. The van der Waals surface area contributed by atoms with Gasteiger partial charge in [-0.05, 0) is 59.2 Å². The monoisotopic (exact) mass is 417 g/mol. The number of ether oxygens (including phenoxy) is 2. The van der Waals surface area contributed by atoms with Gasteiger partial charge in [-0.3, -0.25) is 0 Å². The fraction of sp³-hybridized carbons (Fsp3) is 0.211. The van der Waals surface area contributed by atoms with Gasteiger partial charge in [-0.2, -0.15) is 5.21 Å². The molecule has 4 rings (SSSR count). The van der Waals surface area contributed by atoms with E-state index in [9.17, 15) is 0 Å². The highest BCUT2D eigenvalue weighted by Crippen LogP contribution is 2.45. The number of methoxy groups -OCH3 is 2. The van der Waals surface area contributed by atoms with E-state index >= 15 is 0 Å². The van der Waals surface area contributed by atoms with Crippen molar-refractivity contribution >= 4 is 35.2 Å². The third kappa shape index (κ3) is 3.06. The molecule has 1 aliphatic rings. The third-order valence-corrected chi connectivity index (χ3v) is 5.43. The SMILES string of the molecule is COc1cc2c(cc1OC)C(c1ccc(Cl)c(Cl)c1)N(c1nn[nH]n1)C(C)=C2. The van der Waals surface area contributed by atoms with Crippen LogP contribution < -0.4 is 14.4 Å². The summed E-state index contributed by atoms with van der Waals surface area (Å²) >= 11 is 12.5. The summed E-state index contributed by atoms with van der Waals surface area (Å²) < 4.78 is 11.0. The van der Waals surface area contributed by atoms with Crippen LogP contribution in [0.15, 0.2) is 36.0 Å². The molecule has 0 radical (unpaired) electrons. The topological polar surface area (TPSA) is 76.2 Å². The molecule has 7 nitrogen and oxygen atoms in total. The lowest BCUT2D eigenvalue weighted by molar-refractivity contribution is 0.354. The highest BCUT2D eigenvalue weighted by molar-refractivity contribution is 6.42. The number of halogens is 2. The van der Waals surface area contributed by atoms with Crippen LogP contribution in [0.25, 0.3) is 6.08 Å². The number of tetrazole rings is 1. The summed E-state index contributed by atoms with van der Waals surface area (Å²) in [6.07, 6.45) is 2.04. The normalized spacial score (nSPS) is 15.8. The number of aromatic amines is 1. The first kappa shape index (κ1) is 18.6. The summed E-state index contributed by atoms with van der Waals surface area (Å²) in [7, 11) is 3.23. The molecular weight excluding hydrogens is 401 g/mol. The van der Waals surface area contributed by atoms with Crippen LogP contribution in [0.5, 0.6) is 11.5 Å². The first-order chi connectivity index (χ1) is 13.5. The Morgan fingerprint density at radius 1 is 1.04 bits per heavy atom. The Bertz CT molecular complexity index is 1050. The van der Waals surface area contributed by atoms with Gasteiger partial charge in [-0.1, -0.05) is 34.4 Å². The van der Waals surface area contributed by atoms with Crippen LogP contribution in [0.4, 0.5) is 5.95 Å². The van der Waals surface area contributed by atoms with Crippen LogP contribution in [-0.4, -0.2) is 34.8 Å². The number of benzene rings is 2. The molecule has 2 heterocycles. The molecule has 9 heteroatoms. The van der Waals surface area contributed by atoms with Gasteiger partial charge in [0, 0.05) is 5.70 Å². The third-order valence-electron chi connectivity index (χ3n) is 4.70. The van der Waals surface area contributed by atoms with Crippen molar-refractivity contribution in [1.29, 1.82) is 0 Å². The van der Waals surface area contributed by atoms with Gasteiger partial charge in [0.25, 0.3) is 5.95 Å². The number of rotatable bonds is 4. The van der Waals surface area contributed by atoms with Crippen molar-refractivity contribution in [3.8, 4) is 11.5 Å². The quantitative estimate of drug-likeness (QED) is 0.673. The lowest BCUT2D eigenvalue weighted by atomic mass is 9.89. The van der Waals surface area contributed by atoms with Crippen LogP contribution >= 0.6 is 23.2 Å². The molecule has 1 aliphatic heterocycles. The summed E-state index contributed by atoms with van der Waals surface area (Å²) in [5.74, 6) is 1.74. The van der Waals surface area contributed by atoms with Crippen LogP contribution in [0, 0.1) is 0 Å². The highest BCUT2D eigenvalue weighted by Gasteiger charge is 2.33. The second-order valence-corrected chi connectivity index (χ2v) is 7.09. The fourth-order valence-corrected chi connectivity index (χ4v) is 3.76. The van der Waals surface area contributed by atoms with E-state index in [-0.39, 0.29) is 6.04 Å². The van der Waals surface area contributed by atoms with E-state index in [1.54, 1.807) is 20.3 Å². The molecule has 0 spiro atoms. The summed E-state index contributed by atoms with van der Waals surface area (Å²) in [4.78, 5) is 1.98. The maximum atomic E-state index is 6.32. The maximum Gasteiger partial charge on any atom is 0.270 e. The second-order valence-electron chi connectivity index (χ2n) is 6.28. The molecule has 0 saturated heterocycles. The minimum absolute atomic E-state index is 0.257. The Morgan fingerprint density at radius 3 is 2.43 bits per heavy atom. The van der Waals surface area contributed by atoms with Crippen molar-refractivity contribution in [3.63, 3.8) is 0 Å². The van der Waals surface area contributed by atoms with Crippen molar-refractivity contribution < 1.29 is 9.47 Å². The molecule has 0 saturated carbocycles. The number of fused-ring (bicyclic) bond motifs is 1. The van der Waals surface area contributed by atoms with E-state index < -0.39 is 0 Å². The average Bonchev–Trinajstić information content (AvgIpc) is 3.22. The van der Waals surface area contributed by atoms with E-state index in [0.717, 1.165) is 22.4 Å². The van der Waals surface area contributed by atoms with Crippen molar-refractivity contribution in [3.05, 3.63) is 62.8 Å². The number of nitrogens with one attached hydrogen (secondary N) is 1. The molecule has 1 aromatic heterocycles. The number of hydrogen-bond donors (Lipinski definition) is 1. The number of anilines is 1. The molecule has 0 aliphatic carbocycles. The molecule has 28 heavy (non-hydrogen) atoms. The molecule has 1 N–H and O–H groups in total. The van der Waals surface area contributed by atoms with E-state index in [1.165, 1.54) is 0 Å².